The minimum Gasteiger partial charge on any atom is -0.510 e. The van der Waals surface area contributed by atoms with Crippen LogP contribution in [-0.4, -0.2) is 82.5 Å². The Bertz CT molecular complexity index is 1870. The normalized spacial score (nSPS) is 25.1. The van der Waals surface area contributed by atoms with Crippen molar-refractivity contribution < 1.29 is 38.5 Å². The van der Waals surface area contributed by atoms with Crippen LogP contribution in [0.2, 0.25) is 0 Å². The van der Waals surface area contributed by atoms with Gasteiger partial charge in [0.15, 0.2) is 17.0 Å². The number of allylic oxidation sites excluding steroid dienone is 1. The van der Waals surface area contributed by atoms with E-state index in [0.717, 1.165) is 0 Å². The third kappa shape index (κ3) is 4.09. The summed E-state index contributed by atoms with van der Waals surface area (Å²) in [6.07, 6.45) is 3.24. The molecule has 0 radical (unpaired) electrons. The summed E-state index contributed by atoms with van der Waals surface area (Å²) in [7, 11) is 6.81. The second kappa shape index (κ2) is 10.1. The number of aromatic nitrogens is 1. The predicted molar refractivity (Wildman–Crippen MR) is 159 cm³/mol. The van der Waals surface area contributed by atoms with Crippen molar-refractivity contribution in [3.8, 4) is 0 Å². The Balaban J connectivity index is 1.53. The van der Waals surface area contributed by atoms with Crippen molar-refractivity contribution in [1.82, 2.24) is 9.88 Å². The molecule has 0 saturated heterocycles. The summed E-state index contributed by atoms with van der Waals surface area (Å²) in [5, 5.41) is 34.4. The number of fused-ring (bicyclic) bond motifs is 5. The monoisotopic (exact) mass is 602 g/mol. The fourth-order valence-corrected chi connectivity index (χ4v) is 6.95. The molecule has 5 N–H and O–H groups in total. The van der Waals surface area contributed by atoms with E-state index < -0.39 is 63.9 Å². The van der Waals surface area contributed by atoms with Crippen LogP contribution in [0, 0.1) is 17.7 Å². The number of benzene rings is 2. The Kier molecular flexibility index (Phi) is 6.74. The van der Waals surface area contributed by atoms with Crippen LogP contribution in [0.5, 0.6) is 0 Å². The van der Waals surface area contributed by atoms with Gasteiger partial charge in [0.1, 0.15) is 28.4 Å². The van der Waals surface area contributed by atoms with Crippen LogP contribution < -0.4 is 10.6 Å². The van der Waals surface area contributed by atoms with E-state index >= 15 is 0 Å². The number of likely N-dealkylation sites (N-methyl/N-ethyl adjacent to an activating group) is 1. The fraction of sp³-hybridized carbons (Fsp3) is 0.312. The average Bonchev–Trinajstić information content (AvgIpc) is 3.36. The average molecular weight is 603 g/mol. The van der Waals surface area contributed by atoms with Crippen molar-refractivity contribution in [2.45, 2.75) is 24.5 Å². The predicted octanol–water partition coefficient (Wildman–Crippen LogP) is 2.93. The number of rotatable bonds is 5. The molecule has 12 heteroatoms. The number of halogens is 1. The van der Waals surface area contributed by atoms with E-state index in [-0.39, 0.29) is 35.5 Å². The highest BCUT2D eigenvalue weighted by molar-refractivity contribution is 6.25. The number of hydrogen-bond acceptors (Lipinski definition) is 10. The molecule has 44 heavy (non-hydrogen) atoms. The number of carbonyl (C=O) groups excluding carboxylic acids is 3. The molecule has 0 aliphatic heterocycles. The first-order chi connectivity index (χ1) is 20.8. The lowest BCUT2D eigenvalue weighted by atomic mass is 9.58. The highest BCUT2D eigenvalue weighted by atomic mass is 19.1. The Morgan fingerprint density at radius 1 is 1.16 bits per heavy atom. The SMILES string of the molecule is CN(C)c1cc2nc(/C=C/c3ccccc3F)oc2c2c1C[C@H]1C[C@H]3[C@H](N(C)C)C(O)=C(C(N)=O)C(=O)[C@@]3(O)C(O)=C1C2=O. The van der Waals surface area contributed by atoms with Crippen LogP contribution in [0.3, 0.4) is 0 Å². The van der Waals surface area contributed by atoms with Crippen LogP contribution in [0.15, 0.2) is 57.4 Å². The van der Waals surface area contributed by atoms with Gasteiger partial charge in [-0.15, -0.1) is 0 Å². The number of nitrogens with zero attached hydrogens (tertiary/aromatic N) is 3. The minimum atomic E-state index is -2.68. The Labute approximate surface area is 251 Å². The van der Waals surface area contributed by atoms with Crippen molar-refractivity contribution in [1.29, 1.82) is 0 Å². The van der Waals surface area contributed by atoms with Gasteiger partial charge in [-0.2, -0.15) is 0 Å². The van der Waals surface area contributed by atoms with Gasteiger partial charge < -0.3 is 30.4 Å². The molecule has 228 valence electrons. The van der Waals surface area contributed by atoms with Gasteiger partial charge >= 0.3 is 0 Å². The molecule has 4 atom stereocenters. The lowest BCUT2D eigenvalue weighted by molar-refractivity contribution is -0.148. The number of nitrogens with two attached hydrogens (primary N) is 1. The summed E-state index contributed by atoms with van der Waals surface area (Å²) < 4.78 is 20.2. The molecular weight excluding hydrogens is 571 g/mol. The van der Waals surface area contributed by atoms with Crippen molar-refractivity contribution >= 4 is 46.4 Å². The fourth-order valence-electron chi connectivity index (χ4n) is 6.95. The standard InChI is InChI=1S/C32H31FN4O7/c1-36(2)20-13-19-28(44-21(35-19)10-9-14-7-5-6-8-18(14)33)23-16(20)11-15-12-17-25(37(3)4)27(39)24(31(34)42)30(41)32(17,43)29(40)22(15)26(23)38/h5-10,13,15,17,25,39-40,43H,11-12H2,1-4H3,(H2,34,42)/b10-9+/t15-,17-,25-,32-/m0/s1. The number of aliphatic hydroxyl groups excluding tert-OH is 2. The molecule has 0 unspecified atom stereocenters. The largest absolute Gasteiger partial charge is 0.510 e. The van der Waals surface area contributed by atoms with Crippen molar-refractivity contribution in [2.24, 2.45) is 17.6 Å². The maximum Gasteiger partial charge on any atom is 0.255 e. The van der Waals surface area contributed by atoms with E-state index in [1.165, 1.54) is 23.1 Å². The number of anilines is 1. The van der Waals surface area contributed by atoms with E-state index in [1.54, 1.807) is 38.4 Å². The third-order valence-electron chi connectivity index (χ3n) is 8.89. The van der Waals surface area contributed by atoms with Crippen LogP contribution in [0.1, 0.15) is 33.8 Å². The summed E-state index contributed by atoms with van der Waals surface area (Å²) in [5.74, 6) is -6.71. The molecule has 0 spiro atoms. The van der Waals surface area contributed by atoms with E-state index in [2.05, 4.69) is 4.98 Å². The summed E-state index contributed by atoms with van der Waals surface area (Å²) in [4.78, 5) is 47.9. The number of Topliss-reactive ketones (excluding diaryl/α,β-unsaturated/α-hetero) is 2. The summed E-state index contributed by atoms with van der Waals surface area (Å²) in [5.41, 5.74) is 3.94. The highest BCUT2D eigenvalue weighted by Crippen LogP contribution is 2.53. The lowest BCUT2D eigenvalue weighted by Crippen LogP contribution is -2.63. The number of amides is 1. The maximum atomic E-state index is 14.3. The van der Waals surface area contributed by atoms with Crippen LogP contribution in [0.4, 0.5) is 10.1 Å². The molecule has 3 aliphatic rings. The highest BCUT2D eigenvalue weighted by Gasteiger charge is 2.63. The van der Waals surface area contributed by atoms with Crippen molar-refractivity contribution in [2.75, 3.05) is 33.1 Å². The summed E-state index contributed by atoms with van der Waals surface area (Å²) in [6, 6.07) is 6.91. The number of hydrogen-bond donors (Lipinski definition) is 4. The number of carbonyl (C=O) groups is 3. The second-order valence-electron chi connectivity index (χ2n) is 11.9. The molecule has 0 bridgehead atoms. The zero-order chi connectivity index (χ0) is 31.8. The van der Waals surface area contributed by atoms with Gasteiger partial charge in [0, 0.05) is 42.9 Å². The Morgan fingerprint density at radius 3 is 2.50 bits per heavy atom. The van der Waals surface area contributed by atoms with Crippen molar-refractivity contribution in [3.05, 3.63) is 81.4 Å². The molecule has 2 aromatic carbocycles. The van der Waals surface area contributed by atoms with Crippen LogP contribution in [-0.2, 0) is 16.0 Å². The van der Waals surface area contributed by atoms with Gasteiger partial charge in [0.05, 0.1) is 11.6 Å². The summed E-state index contributed by atoms with van der Waals surface area (Å²) in [6.45, 7) is 0. The number of ketones is 2. The minimum absolute atomic E-state index is 0.0314. The number of aliphatic hydroxyl groups is 3. The molecule has 3 aromatic rings. The van der Waals surface area contributed by atoms with Gasteiger partial charge in [0.25, 0.3) is 5.91 Å². The summed E-state index contributed by atoms with van der Waals surface area (Å²) >= 11 is 0. The molecule has 1 heterocycles. The van der Waals surface area contributed by atoms with E-state index in [0.29, 0.717) is 22.3 Å². The first-order valence-electron chi connectivity index (χ1n) is 14.0. The smallest absolute Gasteiger partial charge is 0.255 e. The molecule has 3 aliphatic carbocycles. The Hall–Kier alpha value is -4.81. The molecule has 1 aromatic heterocycles. The van der Waals surface area contributed by atoms with Crippen LogP contribution in [0.25, 0.3) is 23.3 Å². The van der Waals surface area contributed by atoms with Crippen LogP contribution >= 0.6 is 0 Å². The van der Waals surface area contributed by atoms with Gasteiger partial charge in [-0.3, -0.25) is 19.3 Å². The van der Waals surface area contributed by atoms with E-state index in [4.69, 9.17) is 10.2 Å². The third-order valence-corrected chi connectivity index (χ3v) is 8.89. The van der Waals surface area contributed by atoms with E-state index in [1.807, 2.05) is 19.0 Å². The second-order valence-corrected chi connectivity index (χ2v) is 11.9. The Morgan fingerprint density at radius 2 is 1.86 bits per heavy atom. The molecule has 6 rings (SSSR count). The number of oxazole rings is 1. The zero-order valence-electron chi connectivity index (χ0n) is 24.5. The first kappa shape index (κ1) is 29.3. The van der Waals surface area contributed by atoms with Gasteiger partial charge in [-0.05, 0) is 56.6 Å². The van der Waals surface area contributed by atoms with Gasteiger partial charge in [-0.25, -0.2) is 9.37 Å². The molecular formula is C32H31FN4O7. The van der Waals surface area contributed by atoms with Gasteiger partial charge in [0.2, 0.25) is 11.7 Å². The number of primary amides is 1. The zero-order valence-corrected chi connectivity index (χ0v) is 24.5. The topological polar surface area (TPSA) is 170 Å². The molecule has 0 saturated carbocycles. The molecule has 1 amide bonds. The maximum absolute atomic E-state index is 14.3. The quantitative estimate of drug-likeness (QED) is 0.319. The van der Waals surface area contributed by atoms with Gasteiger partial charge in [-0.1, -0.05) is 18.2 Å². The first-order valence-corrected chi connectivity index (χ1v) is 14.0. The molecule has 0 fully saturated rings. The molecule has 11 nitrogen and oxygen atoms in total. The van der Waals surface area contributed by atoms with Crippen molar-refractivity contribution in [3.63, 3.8) is 0 Å². The van der Waals surface area contributed by atoms with E-state index in [9.17, 15) is 34.1 Å². The lowest BCUT2D eigenvalue weighted by Gasteiger charge is -2.50.